The van der Waals surface area contributed by atoms with Gasteiger partial charge in [0.2, 0.25) is 5.91 Å². The van der Waals surface area contributed by atoms with Crippen LogP contribution in [0.5, 0.6) is 0 Å². The monoisotopic (exact) mass is 413 g/mol. The van der Waals surface area contributed by atoms with Crippen molar-refractivity contribution >= 4 is 29.5 Å². The number of hydrogen-bond donors (Lipinski definition) is 4. The minimum Gasteiger partial charge on any atom is -0.394 e. The van der Waals surface area contributed by atoms with Crippen molar-refractivity contribution < 1.29 is 19.5 Å². The molecule has 4 N–H and O–H groups in total. The Morgan fingerprint density at radius 3 is 2.50 bits per heavy atom. The van der Waals surface area contributed by atoms with Crippen molar-refractivity contribution in [2.45, 2.75) is 94.5 Å². The predicted octanol–water partition coefficient (Wildman–Crippen LogP) is 2.12. The van der Waals surface area contributed by atoms with Crippen molar-refractivity contribution in [2.75, 3.05) is 12.4 Å². The summed E-state index contributed by atoms with van der Waals surface area (Å²) in [6.45, 7) is 1.73. The van der Waals surface area contributed by atoms with Crippen LogP contribution in [0.25, 0.3) is 0 Å². The summed E-state index contributed by atoms with van der Waals surface area (Å²) in [5, 5.41) is 18.0. The second-order valence-electron chi connectivity index (χ2n) is 7.97. The quantitative estimate of drug-likeness (QED) is 0.258. The first-order valence-corrected chi connectivity index (χ1v) is 11.6. The lowest BCUT2D eigenvalue weighted by atomic mass is 10.0. The highest BCUT2D eigenvalue weighted by molar-refractivity contribution is 8.00. The number of nitrogens with one attached hydrogen (secondary N) is 3. The van der Waals surface area contributed by atoms with Crippen LogP contribution >= 0.6 is 11.8 Å². The molecule has 2 aliphatic rings. The van der Waals surface area contributed by atoms with Crippen LogP contribution < -0.4 is 16.0 Å². The zero-order chi connectivity index (χ0) is 20.4. The Hall–Kier alpha value is -1.28. The highest BCUT2D eigenvalue weighted by atomic mass is 32.2. The van der Waals surface area contributed by atoms with E-state index in [1.54, 1.807) is 6.92 Å². The number of thioether (sulfide) groups is 1. The second-order valence-corrected chi connectivity index (χ2v) is 9.24. The molecule has 160 valence electrons. The summed E-state index contributed by atoms with van der Waals surface area (Å²) in [6, 6.07) is 0.290. The van der Waals surface area contributed by atoms with Gasteiger partial charge in [0.15, 0.2) is 0 Å². The summed E-state index contributed by atoms with van der Waals surface area (Å²) in [5.74, 6) is 1.30. The fraction of sp³-hybridized carbons (Fsp3) is 0.850. The van der Waals surface area contributed by atoms with Gasteiger partial charge in [-0.15, -0.1) is 0 Å². The van der Waals surface area contributed by atoms with Crippen LogP contribution in [0.15, 0.2) is 0 Å². The third-order valence-corrected chi connectivity index (χ3v) is 6.93. The van der Waals surface area contributed by atoms with E-state index in [1.165, 1.54) is 0 Å². The van der Waals surface area contributed by atoms with Crippen molar-refractivity contribution in [2.24, 2.45) is 0 Å². The number of carbonyl (C=O) groups is 3. The van der Waals surface area contributed by atoms with Gasteiger partial charge in [-0.2, -0.15) is 11.8 Å². The Kier molecular flexibility index (Phi) is 10.1. The van der Waals surface area contributed by atoms with Crippen LogP contribution in [-0.4, -0.2) is 58.6 Å². The lowest BCUT2D eigenvalue weighted by molar-refractivity contribution is -0.122. The molecule has 4 unspecified atom stereocenters. The van der Waals surface area contributed by atoms with E-state index in [0.717, 1.165) is 50.7 Å². The number of amides is 3. The number of hydrogen-bond acceptors (Lipinski definition) is 5. The number of urea groups is 1. The maximum absolute atomic E-state index is 12.0. The first-order chi connectivity index (χ1) is 13.5. The van der Waals surface area contributed by atoms with Crippen LogP contribution in [0.2, 0.25) is 0 Å². The molecule has 0 bridgehead atoms. The van der Waals surface area contributed by atoms with Gasteiger partial charge >= 0.3 is 6.03 Å². The van der Waals surface area contributed by atoms with Crippen molar-refractivity contribution in [1.29, 1.82) is 0 Å². The summed E-state index contributed by atoms with van der Waals surface area (Å²) < 4.78 is 0. The Morgan fingerprint density at radius 1 is 1.11 bits per heavy atom. The minimum atomic E-state index is -0.188. The van der Waals surface area contributed by atoms with E-state index in [9.17, 15) is 14.4 Å². The molecule has 2 aliphatic heterocycles. The standard InChI is InChI=1S/C20H35N3O4S/c1-14(12-24)21-18(26)11-5-3-2-4-8-15(25)9-6-7-10-17-19-16(13-28-17)22-20(27)23-19/h14,16-17,19,24H,2-13H2,1H3,(H,21,26)(H2,22,23,27). The van der Waals surface area contributed by atoms with E-state index in [4.69, 9.17) is 5.11 Å². The number of aliphatic hydroxyl groups is 1. The van der Waals surface area contributed by atoms with Crippen LogP contribution in [0.4, 0.5) is 4.79 Å². The molecule has 2 fully saturated rings. The highest BCUT2D eigenvalue weighted by Crippen LogP contribution is 2.33. The Labute approximate surface area is 172 Å². The van der Waals surface area contributed by atoms with Gasteiger partial charge in [0.25, 0.3) is 0 Å². The zero-order valence-electron chi connectivity index (χ0n) is 16.9. The van der Waals surface area contributed by atoms with Gasteiger partial charge in [0.1, 0.15) is 5.78 Å². The summed E-state index contributed by atoms with van der Waals surface area (Å²) >= 11 is 1.92. The smallest absolute Gasteiger partial charge is 0.315 e. The van der Waals surface area contributed by atoms with Crippen LogP contribution in [0, 0.1) is 0 Å². The fourth-order valence-electron chi connectivity index (χ4n) is 3.79. The summed E-state index contributed by atoms with van der Waals surface area (Å²) in [6.07, 6.45) is 8.43. The predicted molar refractivity (Wildman–Crippen MR) is 111 cm³/mol. The number of ketones is 1. The molecule has 0 aliphatic carbocycles. The van der Waals surface area contributed by atoms with Crippen molar-refractivity contribution in [3.8, 4) is 0 Å². The minimum absolute atomic E-state index is 0.0164. The fourth-order valence-corrected chi connectivity index (χ4v) is 5.33. The van der Waals surface area contributed by atoms with E-state index in [0.29, 0.717) is 30.3 Å². The van der Waals surface area contributed by atoms with Crippen LogP contribution in [-0.2, 0) is 9.59 Å². The zero-order valence-corrected chi connectivity index (χ0v) is 17.7. The molecule has 0 radical (unpaired) electrons. The van der Waals surface area contributed by atoms with E-state index >= 15 is 0 Å². The van der Waals surface area contributed by atoms with Crippen molar-refractivity contribution in [3.63, 3.8) is 0 Å². The molecule has 0 aromatic heterocycles. The lowest BCUT2D eigenvalue weighted by Crippen LogP contribution is -2.36. The van der Waals surface area contributed by atoms with E-state index in [2.05, 4.69) is 16.0 Å². The average Bonchev–Trinajstić information content (AvgIpc) is 3.20. The summed E-state index contributed by atoms with van der Waals surface area (Å²) in [7, 11) is 0. The molecule has 4 atom stereocenters. The van der Waals surface area contributed by atoms with Gasteiger partial charge in [-0.25, -0.2) is 4.79 Å². The van der Waals surface area contributed by atoms with Gasteiger partial charge in [-0.05, 0) is 32.6 Å². The molecule has 0 aromatic carbocycles. The van der Waals surface area contributed by atoms with Crippen molar-refractivity contribution in [3.05, 3.63) is 0 Å². The SMILES string of the molecule is CC(CO)NC(=O)CCCCCCC(=O)CCCCC1SCC2NC(=O)NC21. The maximum atomic E-state index is 12.0. The largest absolute Gasteiger partial charge is 0.394 e. The molecular weight excluding hydrogens is 378 g/mol. The second kappa shape index (κ2) is 12.3. The van der Waals surface area contributed by atoms with Crippen molar-refractivity contribution in [1.82, 2.24) is 16.0 Å². The third kappa shape index (κ3) is 7.99. The summed E-state index contributed by atoms with van der Waals surface area (Å²) in [4.78, 5) is 34.9. The molecule has 0 spiro atoms. The van der Waals surface area contributed by atoms with Crippen LogP contribution in [0.3, 0.4) is 0 Å². The first-order valence-electron chi connectivity index (χ1n) is 10.6. The molecule has 2 rings (SSSR count). The van der Waals surface area contributed by atoms with E-state index in [-0.39, 0.29) is 36.7 Å². The number of Topliss-reactive ketones (excluding diaryl/α,β-unsaturated/α-hetero) is 1. The lowest BCUT2D eigenvalue weighted by Gasteiger charge is -2.16. The van der Waals surface area contributed by atoms with E-state index in [1.807, 2.05) is 11.8 Å². The first kappa shape index (κ1) is 23.0. The number of rotatable bonds is 14. The normalized spacial score (nSPS) is 24.4. The Bertz CT molecular complexity index is 532. The van der Waals surface area contributed by atoms with Gasteiger partial charge in [-0.3, -0.25) is 9.59 Å². The summed E-state index contributed by atoms with van der Waals surface area (Å²) in [5.41, 5.74) is 0. The molecule has 2 saturated heterocycles. The number of unbranched alkanes of at least 4 members (excludes halogenated alkanes) is 4. The topological polar surface area (TPSA) is 108 Å². The number of fused-ring (bicyclic) bond motifs is 1. The number of carbonyl (C=O) groups excluding carboxylic acids is 3. The van der Waals surface area contributed by atoms with Crippen LogP contribution in [0.1, 0.15) is 71.1 Å². The van der Waals surface area contributed by atoms with Gasteiger partial charge in [-0.1, -0.05) is 19.3 Å². The van der Waals surface area contributed by atoms with E-state index < -0.39 is 0 Å². The van der Waals surface area contributed by atoms with Gasteiger partial charge in [0.05, 0.1) is 18.7 Å². The molecule has 2 heterocycles. The molecule has 7 nitrogen and oxygen atoms in total. The molecule has 3 amide bonds. The Morgan fingerprint density at radius 2 is 1.79 bits per heavy atom. The van der Waals surface area contributed by atoms with Gasteiger partial charge < -0.3 is 21.1 Å². The molecular formula is C20H35N3O4S. The molecule has 28 heavy (non-hydrogen) atoms. The molecule has 0 saturated carbocycles. The molecule has 0 aromatic rings. The third-order valence-electron chi connectivity index (χ3n) is 5.42. The Balaban J connectivity index is 1.41. The van der Waals surface area contributed by atoms with Gasteiger partial charge in [0, 0.05) is 36.3 Å². The maximum Gasteiger partial charge on any atom is 0.315 e. The number of aliphatic hydroxyl groups excluding tert-OH is 1. The average molecular weight is 414 g/mol. The molecule has 8 heteroatoms. The highest BCUT2D eigenvalue weighted by Gasteiger charge is 2.42.